The number of halogens is 1. The van der Waals surface area contributed by atoms with E-state index in [1.54, 1.807) is 0 Å². The number of carbonyl (C=O) groups is 1. The van der Waals surface area contributed by atoms with E-state index in [-0.39, 0.29) is 17.7 Å². The summed E-state index contributed by atoms with van der Waals surface area (Å²) in [4.78, 5) is 11.8. The fraction of sp³-hybridized carbons (Fsp3) is 0.235. The highest BCUT2D eigenvalue weighted by Gasteiger charge is 2.31. The molecule has 3 rings (SSSR count). The molecule has 3 heteroatoms. The minimum Gasteiger partial charge on any atom is -0.355 e. The fourth-order valence-corrected chi connectivity index (χ4v) is 3.12. The molecule has 1 aliphatic rings. The second-order valence-electron chi connectivity index (χ2n) is 5.19. The Bertz CT molecular complexity index is 611. The van der Waals surface area contributed by atoms with Crippen molar-refractivity contribution >= 4 is 17.5 Å². The molecule has 0 aliphatic carbocycles. The van der Waals surface area contributed by atoms with E-state index in [0.717, 1.165) is 5.02 Å². The van der Waals surface area contributed by atoms with Gasteiger partial charge in [0.1, 0.15) is 0 Å². The van der Waals surface area contributed by atoms with Gasteiger partial charge in [0, 0.05) is 29.8 Å². The Morgan fingerprint density at radius 1 is 0.950 bits per heavy atom. The number of hydrogen-bond donors (Lipinski definition) is 1. The molecule has 2 atom stereocenters. The van der Waals surface area contributed by atoms with Gasteiger partial charge in [-0.3, -0.25) is 4.79 Å². The molecule has 0 aromatic heterocycles. The summed E-state index contributed by atoms with van der Waals surface area (Å²) in [7, 11) is 0. The van der Waals surface area contributed by atoms with Crippen molar-refractivity contribution in [3.63, 3.8) is 0 Å². The SMILES string of the molecule is O=C1CC(c2ccccc2)C(c2cccc(Cl)c2)CN1. The zero-order valence-corrected chi connectivity index (χ0v) is 11.8. The number of hydrogen-bond acceptors (Lipinski definition) is 1. The Labute approximate surface area is 123 Å². The average molecular weight is 286 g/mol. The monoisotopic (exact) mass is 285 g/mol. The summed E-state index contributed by atoms with van der Waals surface area (Å²) < 4.78 is 0. The first-order chi connectivity index (χ1) is 9.74. The third-order valence-electron chi connectivity index (χ3n) is 3.91. The van der Waals surface area contributed by atoms with Gasteiger partial charge >= 0.3 is 0 Å². The van der Waals surface area contributed by atoms with E-state index in [2.05, 4.69) is 23.5 Å². The highest BCUT2D eigenvalue weighted by molar-refractivity contribution is 6.30. The van der Waals surface area contributed by atoms with Crippen LogP contribution in [0.15, 0.2) is 54.6 Å². The second kappa shape index (κ2) is 5.68. The Balaban J connectivity index is 1.97. The van der Waals surface area contributed by atoms with Crippen LogP contribution < -0.4 is 5.32 Å². The van der Waals surface area contributed by atoms with E-state index < -0.39 is 0 Å². The highest BCUT2D eigenvalue weighted by atomic mass is 35.5. The first kappa shape index (κ1) is 13.2. The van der Waals surface area contributed by atoms with Gasteiger partial charge < -0.3 is 5.32 Å². The first-order valence-corrected chi connectivity index (χ1v) is 7.19. The van der Waals surface area contributed by atoms with Crippen LogP contribution in [0.2, 0.25) is 5.02 Å². The first-order valence-electron chi connectivity index (χ1n) is 6.81. The maximum absolute atomic E-state index is 11.8. The lowest BCUT2D eigenvalue weighted by Gasteiger charge is -2.32. The maximum Gasteiger partial charge on any atom is 0.220 e. The predicted molar refractivity (Wildman–Crippen MR) is 81.0 cm³/mol. The van der Waals surface area contributed by atoms with E-state index in [0.29, 0.717) is 13.0 Å². The van der Waals surface area contributed by atoms with Crippen LogP contribution in [0.3, 0.4) is 0 Å². The Kier molecular flexibility index (Phi) is 3.75. The summed E-state index contributed by atoms with van der Waals surface area (Å²) in [5, 5.41) is 3.71. The van der Waals surface area contributed by atoms with Gasteiger partial charge in [-0.1, -0.05) is 54.1 Å². The quantitative estimate of drug-likeness (QED) is 0.895. The standard InChI is InChI=1S/C17H16ClNO/c18-14-8-4-7-13(9-14)16-11-19-17(20)10-15(16)12-5-2-1-3-6-12/h1-9,15-16H,10-11H2,(H,19,20). The predicted octanol–water partition coefficient (Wildman–Crippen LogP) is 3.73. The molecule has 2 nitrogen and oxygen atoms in total. The number of nitrogens with one attached hydrogen (secondary N) is 1. The molecule has 1 aliphatic heterocycles. The summed E-state index contributed by atoms with van der Waals surface area (Å²) in [6.07, 6.45) is 0.529. The largest absolute Gasteiger partial charge is 0.355 e. The van der Waals surface area contributed by atoms with Crippen molar-refractivity contribution in [1.82, 2.24) is 5.32 Å². The Morgan fingerprint density at radius 2 is 1.70 bits per heavy atom. The summed E-state index contributed by atoms with van der Waals surface area (Å²) >= 11 is 6.10. The highest BCUT2D eigenvalue weighted by Crippen LogP contribution is 2.38. The van der Waals surface area contributed by atoms with Gasteiger partial charge in [0.15, 0.2) is 0 Å². The van der Waals surface area contributed by atoms with Gasteiger partial charge in [0.05, 0.1) is 0 Å². The third kappa shape index (κ3) is 2.70. The van der Waals surface area contributed by atoms with E-state index in [9.17, 15) is 4.79 Å². The smallest absolute Gasteiger partial charge is 0.220 e. The molecule has 0 radical (unpaired) electrons. The van der Waals surface area contributed by atoms with E-state index in [4.69, 9.17) is 11.6 Å². The van der Waals surface area contributed by atoms with Gasteiger partial charge in [0.2, 0.25) is 5.91 Å². The summed E-state index contributed by atoms with van der Waals surface area (Å²) in [5.41, 5.74) is 2.40. The number of amides is 1. The van der Waals surface area contributed by atoms with Crippen LogP contribution in [-0.4, -0.2) is 12.5 Å². The lowest BCUT2D eigenvalue weighted by Crippen LogP contribution is -2.38. The number of rotatable bonds is 2. The molecule has 1 amide bonds. The molecular weight excluding hydrogens is 270 g/mol. The second-order valence-corrected chi connectivity index (χ2v) is 5.62. The van der Waals surface area contributed by atoms with Gasteiger partial charge in [0.25, 0.3) is 0 Å². The lowest BCUT2D eigenvalue weighted by atomic mass is 9.77. The summed E-state index contributed by atoms with van der Waals surface area (Å²) in [6.45, 7) is 0.665. The van der Waals surface area contributed by atoms with Crippen molar-refractivity contribution in [2.45, 2.75) is 18.3 Å². The zero-order chi connectivity index (χ0) is 13.9. The van der Waals surface area contributed by atoms with Gasteiger partial charge in [-0.2, -0.15) is 0 Å². The normalized spacial score (nSPS) is 22.4. The summed E-state index contributed by atoms with van der Waals surface area (Å²) in [5.74, 6) is 0.606. The van der Waals surface area contributed by atoms with Crippen LogP contribution in [-0.2, 0) is 4.79 Å². The third-order valence-corrected chi connectivity index (χ3v) is 4.15. The number of carbonyl (C=O) groups excluding carboxylic acids is 1. The molecule has 102 valence electrons. The van der Waals surface area contributed by atoms with Crippen molar-refractivity contribution in [3.8, 4) is 0 Å². The van der Waals surface area contributed by atoms with Crippen LogP contribution in [0.4, 0.5) is 0 Å². The number of piperidine rings is 1. The van der Waals surface area contributed by atoms with Crippen molar-refractivity contribution in [2.24, 2.45) is 0 Å². The molecule has 20 heavy (non-hydrogen) atoms. The number of benzene rings is 2. The average Bonchev–Trinajstić information content (AvgIpc) is 2.48. The summed E-state index contributed by atoms with van der Waals surface area (Å²) in [6, 6.07) is 18.2. The molecule has 0 spiro atoms. The molecule has 2 aromatic rings. The Morgan fingerprint density at radius 3 is 2.45 bits per heavy atom. The maximum atomic E-state index is 11.8. The van der Waals surface area contributed by atoms with Gasteiger partial charge in [-0.15, -0.1) is 0 Å². The molecule has 1 heterocycles. The van der Waals surface area contributed by atoms with Crippen LogP contribution in [0.25, 0.3) is 0 Å². The van der Waals surface area contributed by atoms with Crippen LogP contribution in [0, 0.1) is 0 Å². The van der Waals surface area contributed by atoms with Crippen LogP contribution in [0.5, 0.6) is 0 Å². The van der Waals surface area contributed by atoms with Crippen molar-refractivity contribution < 1.29 is 4.79 Å². The molecule has 1 saturated heterocycles. The molecule has 0 saturated carbocycles. The van der Waals surface area contributed by atoms with Crippen molar-refractivity contribution in [3.05, 3.63) is 70.7 Å². The molecule has 2 unspecified atom stereocenters. The molecule has 1 N–H and O–H groups in total. The van der Waals surface area contributed by atoms with Crippen molar-refractivity contribution in [1.29, 1.82) is 0 Å². The topological polar surface area (TPSA) is 29.1 Å². The van der Waals surface area contributed by atoms with Gasteiger partial charge in [-0.25, -0.2) is 0 Å². The minimum atomic E-state index is 0.122. The molecule has 1 fully saturated rings. The van der Waals surface area contributed by atoms with Gasteiger partial charge in [-0.05, 0) is 23.3 Å². The fourth-order valence-electron chi connectivity index (χ4n) is 2.92. The van der Waals surface area contributed by atoms with E-state index in [1.807, 2.05) is 36.4 Å². The molecule has 0 bridgehead atoms. The molecular formula is C17H16ClNO. The molecule has 2 aromatic carbocycles. The Hall–Kier alpha value is -1.80. The lowest BCUT2D eigenvalue weighted by molar-refractivity contribution is -0.122. The van der Waals surface area contributed by atoms with Crippen LogP contribution in [0.1, 0.15) is 29.4 Å². The zero-order valence-electron chi connectivity index (χ0n) is 11.1. The van der Waals surface area contributed by atoms with E-state index in [1.165, 1.54) is 11.1 Å². The van der Waals surface area contributed by atoms with Crippen LogP contribution >= 0.6 is 11.6 Å². The van der Waals surface area contributed by atoms with Crippen molar-refractivity contribution in [2.75, 3.05) is 6.54 Å². The van der Waals surface area contributed by atoms with E-state index >= 15 is 0 Å². The minimum absolute atomic E-state index is 0.122.